The van der Waals surface area contributed by atoms with E-state index in [0.717, 1.165) is 49.3 Å². The van der Waals surface area contributed by atoms with E-state index < -0.39 is 35.5 Å². The average Bonchev–Trinajstić information content (AvgIpc) is 3.42. The second kappa shape index (κ2) is 12.7. The normalized spacial score (nSPS) is 19.9. The van der Waals surface area contributed by atoms with E-state index in [1.807, 2.05) is 12.1 Å². The molecule has 228 valence electrons. The van der Waals surface area contributed by atoms with E-state index in [9.17, 15) is 32.3 Å². The van der Waals surface area contributed by atoms with E-state index in [1.54, 1.807) is 23.4 Å². The highest BCUT2D eigenvalue weighted by Crippen LogP contribution is 2.38. The predicted octanol–water partition coefficient (Wildman–Crippen LogP) is 5.34. The van der Waals surface area contributed by atoms with Crippen molar-refractivity contribution in [1.29, 1.82) is 0 Å². The van der Waals surface area contributed by atoms with Crippen molar-refractivity contribution in [3.63, 3.8) is 0 Å². The van der Waals surface area contributed by atoms with E-state index in [2.05, 4.69) is 32.3 Å². The van der Waals surface area contributed by atoms with Crippen molar-refractivity contribution in [1.82, 2.24) is 14.9 Å². The molecule has 8 nitrogen and oxygen atoms in total. The maximum absolute atomic E-state index is 14.2. The lowest BCUT2D eigenvalue weighted by molar-refractivity contribution is -0.138. The van der Waals surface area contributed by atoms with Gasteiger partial charge in [0.1, 0.15) is 18.2 Å². The fourth-order valence-electron chi connectivity index (χ4n) is 5.85. The zero-order valence-electron chi connectivity index (χ0n) is 23.5. The van der Waals surface area contributed by atoms with Gasteiger partial charge < -0.3 is 15.3 Å². The Hall–Kier alpha value is -4.06. The van der Waals surface area contributed by atoms with Gasteiger partial charge in [0.25, 0.3) is 0 Å². The number of hydrogen-bond acceptors (Lipinski definition) is 7. The number of ketones is 1. The molecule has 12 heteroatoms. The van der Waals surface area contributed by atoms with Crippen LogP contribution in [0, 0.1) is 11.3 Å². The molecule has 2 aliphatic heterocycles. The number of hydrogen-bond donors (Lipinski definition) is 2. The summed E-state index contributed by atoms with van der Waals surface area (Å²) in [5.74, 6) is -0.787. The molecule has 1 atom stereocenters. The third kappa shape index (κ3) is 7.12. The number of Topliss-reactive ketones (excluding diaryl/α,β-unsaturated/α-hetero) is 1. The Labute approximate surface area is 246 Å². The van der Waals surface area contributed by atoms with Crippen LogP contribution in [0.5, 0.6) is 5.75 Å². The second-order valence-electron chi connectivity index (χ2n) is 11.4. The molecule has 2 saturated heterocycles. The van der Waals surface area contributed by atoms with Gasteiger partial charge in [-0.25, -0.2) is 14.4 Å². The molecule has 2 N–H and O–H groups in total. The SMILES string of the molecule is O=C(CC1CCN(c2ccc(-c3ncccn3)cc2)CC1)CN1CCC(CF)(C(=O)Nc2ccc(O)c(C(F)(F)F)c2)C1. The van der Waals surface area contributed by atoms with Crippen molar-refractivity contribution < 1.29 is 32.3 Å². The van der Waals surface area contributed by atoms with Gasteiger partial charge in [-0.05, 0) is 80.3 Å². The molecular weight excluding hydrogens is 566 g/mol. The molecule has 2 aromatic carbocycles. The molecule has 0 saturated carbocycles. The minimum atomic E-state index is -4.81. The molecule has 0 bridgehead atoms. The molecule has 0 spiro atoms. The van der Waals surface area contributed by atoms with Crippen molar-refractivity contribution in [2.75, 3.05) is 49.6 Å². The van der Waals surface area contributed by atoms with Crippen molar-refractivity contribution in [2.24, 2.45) is 11.3 Å². The zero-order valence-corrected chi connectivity index (χ0v) is 23.5. The van der Waals surface area contributed by atoms with Crippen LogP contribution in [0.1, 0.15) is 31.2 Å². The number of phenols is 1. The van der Waals surface area contributed by atoms with E-state index in [-0.39, 0.29) is 36.9 Å². The Morgan fingerprint density at radius 1 is 1.02 bits per heavy atom. The van der Waals surface area contributed by atoms with Crippen LogP contribution in [-0.4, -0.2) is 71.1 Å². The molecule has 1 amide bonds. The summed E-state index contributed by atoms with van der Waals surface area (Å²) in [6.07, 6.45) is 0.861. The van der Waals surface area contributed by atoms with Gasteiger partial charge >= 0.3 is 6.18 Å². The minimum absolute atomic E-state index is 0.00620. The number of halogens is 4. The molecule has 43 heavy (non-hydrogen) atoms. The summed E-state index contributed by atoms with van der Waals surface area (Å²) in [6, 6.07) is 12.5. The summed E-state index contributed by atoms with van der Waals surface area (Å²) in [4.78, 5) is 38.5. The summed E-state index contributed by atoms with van der Waals surface area (Å²) in [6.45, 7) is 1.05. The Bertz CT molecular complexity index is 1430. The number of nitrogens with zero attached hydrogens (tertiary/aromatic N) is 4. The Morgan fingerprint density at radius 3 is 2.37 bits per heavy atom. The number of rotatable bonds is 9. The summed E-state index contributed by atoms with van der Waals surface area (Å²) >= 11 is 0. The lowest BCUT2D eigenvalue weighted by Gasteiger charge is -2.33. The molecule has 3 aromatic rings. The number of amides is 1. The first-order valence-corrected chi connectivity index (χ1v) is 14.2. The first kappa shape index (κ1) is 30.4. The zero-order chi connectivity index (χ0) is 30.6. The highest BCUT2D eigenvalue weighted by Gasteiger charge is 2.45. The van der Waals surface area contributed by atoms with Crippen molar-refractivity contribution in [3.8, 4) is 17.1 Å². The molecule has 0 aliphatic carbocycles. The number of aromatic hydroxyl groups is 1. The minimum Gasteiger partial charge on any atom is -0.507 e. The highest BCUT2D eigenvalue weighted by molar-refractivity contribution is 5.96. The lowest BCUT2D eigenvalue weighted by atomic mass is 9.87. The highest BCUT2D eigenvalue weighted by atomic mass is 19.4. The van der Waals surface area contributed by atoms with E-state index in [1.165, 1.54) is 0 Å². The predicted molar refractivity (Wildman–Crippen MR) is 153 cm³/mol. The van der Waals surface area contributed by atoms with Gasteiger partial charge in [0, 0.05) is 55.4 Å². The van der Waals surface area contributed by atoms with Crippen LogP contribution in [0.2, 0.25) is 0 Å². The summed E-state index contributed by atoms with van der Waals surface area (Å²) in [7, 11) is 0. The van der Waals surface area contributed by atoms with Crippen molar-refractivity contribution in [3.05, 3.63) is 66.5 Å². The number of benzene rings is 2. The third-order valence-electron chi connectivity index (χ3n) is 8.32. The molecule has 3 heterocycles. The fraction of sp³-hybridized carbons (Fsp3) is 0.419. The van der Waals surface area contributed by atoms with Gasteiger partial charge in [-0.15, -0.1) is 0 Å². The van der Waals surface area contributed by atoms with Crippen LogP contribution in [-0.2, 0) is 15.8 Å². The van der Waals surface area contributed by atoms with Gasteiger partial charge in [0.15, 0.2) is 5.82 Å². The molecule has 5 rings (SSSR count). The number of anilines is 2. The summed E-state index contributed by atoms with van der Waals surface area (Å²) in [5.41, 5.74) is -0.907. The number of carbonyl (C=O) groups is 2. The Kier molecular flexibility index (Phi) is 8.95. The summed E-state index contributed by atoms with van der Waals surface area (Å²) in [5, 5.41) is 11.9. The molecule has 1 aromatic heterocycles. The van der Waals surface area contributed by atoms with Gasteiger partial charge in [0.2, 0.25) is 5.91 Å². The number of phenolic OH excluding ortho intramolecular Hbond substituents is 1. The van der Waals surface area contributed by atoms with Gasteiger partial charge in [-0.1, -0.05) is 0 Å². The number of likely N-dealkylation sites (tertiary alicyclic amines) is 1. The quantitative estimate of drug-likeness (QED) is 0.253. The monoisotopic (exact) mass is 599 g/mol. The number of alkyl halides is 4. The van der Waals surface area contributed by atoms with Crippen LogP contribution in [0.4, 0.5) is 28.9 Å². The van der Waals surface area contributed by atoms with E-state index in [0.29, 0.717) is 24.9 Å². The molecular formula is C31H33F4N5O3. The summed E-state index contributed by atoms with van der Waals surface area (Å²) < 4.78 is 53.6. The smallest absolute Gasteiger partial charge is 0.420 e. The Morgan fingerprint density at radius 2 is 1.72 bits per heavy atom. The van der Waals surface area contributed by atoms with Crippen molar-refractivity contribution in [2.45, 2.75) is 31.9 Å². The van der Waals surface area contributed by atoms with Crippen LogP contribution >= 0.6 is 0 Å². The van der Waals surface area contributed by atoms with Gasteiger partial charge in [-0.2, -0.15) is 13.2 Å². The van der Waals surface area contributed by atoms with E-state index in [4.69, 9.17) is 0 Å². The molecule has 1 unspecified atom stereocenters. The van der Waals surface area contributed by atoms with E-state index >= 15 is 0 Å². The molecule has 0 radical (unpaired) electrons. The molecule has 2 fully saturated rings. The second-order valence-corrected chi connectivity index (χ2v) is 11.4. The number of carbonyl (C=O) groups excluding carboxylic acids is 2. The topological polar surface area (TPSA) is 98.7 Å². The van der Waals surface area contributed by atoms with Crippen LogP contribution in [0.3, 0.4) is 0 Å². The fourth-order valence-corrected chi connectivity index (χ4v) is 5.85. The number of aromatic nitrogens is 2. The lowest BCUT2D eigenvalue weighted by Crippen LogP contribution is -2.42. The Balaban J connectivity index is 1.09. The van der Waals surface area contributed by atoms with Crippen LogP contribution < -0.4 is 10.2 Å². The standard InChI is InChI=1S/C31H33F4N5O3/c32-19-30(29(43)38-23-4-7-27(42)26(17-23)31(33,34)35)10-15-39(20-30)18-25(41)16-21-8-13-40(14-9-21)24-5-2-22(3-6-24)28-36-11-1-12-37-28/h1-7,11-12,17,21,42H,8-10,13-16,18-20H2,(H,38,43). The third-order valence-corrected chi connectivity index (χ3v) is 8.32. The van der Waals surface area contributed by atoms with Crippen LogP contribution in [0.25, 0.3) is 11.4 Å². The molecule has 2 aliphatic rings. The largest absolute Gasteiger partial charge is 0.507 e. The first-order valence-electron chi connectivity index (χ1n) is 14.2. The number of nitrogens with one attached hydrogen (secondary N) is 1. The maximum Gasteiger partial charge on any atom is 0.420 e. The van der Waals surface area contributed by atoms with Gasteiger partial charge in [-0.3, -0.25) is 14.5 Å². The van der Waals surface area contributed by atoms with Crippen LogP contribution in [0.15, 0.2) is 60.9 Å². The average molecular weight is 600 g/mol. The maximum atomic E-state index is 14.2. The van der Waals surface area contributed by atoms with Gasteiger partial charge in [0.05, 0.1) is 17.5 Å². The van der Waals surface area contributed by atoms with Crippen molar-refractivity contribution >= 4 is 23.1 Å². The number of piperidine rings is 1. The first-order chi connectivity index (χ1) is 20.6.